The summed E-state index contributed by atoms with van der Waals surface area (Å²) in [6, 6.07) is 8.88. The lowest BCUT2D eigenvalue weighted by molar-refractivity contribution is 0.288. The Balaban J connectivity index is 1.55. The highest BCUT2D eigenvalue weighted by atomic mass is 32.2. The number of anilines is 1. The molecule has 27 heavy (non-hydrogen) atoms. The van der Waals surface area contributed by atoms with Gasteiger partial charge in [0, 0.05) is 24.7 Å². The molecule has 2 aromatic rings. The van der Waals surface area contributed by atoms with Crippen LogP contribution in [0, 0.1) is 17.2 Å². The lowest BCUT2D eigenvalue weighted by Crippen LogP contribution is -2.37. The molecule has 1 N–H and O–H groups in total. The summed E-state index contributed by atoms with van der Waals surface area (Å²) < 4.78 is 32.9. The third-order valence-electron chi connectivity index (χ3n) is 5.13. The molecule has 8 heteroatoms. The van der Waals surface area contributed by atoms with Gasteiger partial charge in [0.1, 0.15) is 6.07 Å². The van der Waals surface area contributed by atoms with E-state index in [0.29, 0.717) is 42.4 Å². The highest BCUT2D eigenvalue weighted by Gasteiger charge is 2.28. The number of aromatic nitrogens is 1. The monoisotopic (exact) mass is 386 g/mol. The normalized spacial score (nSPS) is 19.0. The van der Waals surface area contributed by atoms with Crippen LogP contribution in [0.3, 0.4) is 0 Å². The molecule has 142 valence electrons. The molecule has 1 aromatic carbocycles. The predicted molar refractivity (Wildman–Crippen MR) is 100 cm³/mol. The Bertz CT molecular complexity index is 963. The summed E-state index contributed by atoms with van der Waals surface area (Å²) >= 11 is 0. The van der Waals surface area contributed by atoms with Gasteiger partial charge in [-0.05, 0) is 55.9 Å². The van der Waals surface area contributed by atoms with Crippen LogP contribution in [-0.2, 0) is 10.0 Å². The molecule has 0 radical (unpaired) electrons. The predicted octanol–water partition coefficient (Wildman–Crippen LogP) is 3.21. The van der Waals surface area contributed by atoms with E-state index >= 15 is 0 Å². The molecule has 0 unspecified atom stereocenters. The van der Waals surface area contributed by atoms with Gasteiger partial charge < -0.3 is 9.73 Å². The number of nitriles is 1. The number of hydrogen-bond acceptors (Lipinski definition) is 6. The first kappa shape index (κ1) is 18.0. The molecule has 0 spiro atoms. The summed E-state index contributed by atoms with van der Waals surface area (Å²) in [4.78, 5) is 4.49. The van der Waals surface area contributed by atoms with Gasteiger partial charge in [-0.3, -0.25) is 0 Å². The van der Waals surface area contributed by atoms with Crippen LogP contribution in [0.25, 0.3) is 11.5 Å². The zero-order valence-electron chi connectivity index (χ0n) is 15.2. The lowest BCUT2D eigenvalue weighted by Gasteiger charge is -2.29. The van der Waals surface area contributed by atoms with Crippen LogP contribution in [-0.4, -0.2) is 36.8 Å². The molecule has 1 aliphatic carbocycles. The average Bonchev–Trinajstić information content (AvgIpc) is 3.39. The van der Waals surface area contributed by atoms with Gasteiger partial charge in [-0.15, -0.1) is 0 Å². The van der Waals surface area contributed by atoms with E-state index in [1.165, 1.54) is 0 Å². The van der Waals surface area contributed by atoms with Crippen molar-refractivity contribution in [3.63, 3.8) is 0 Å². The minimum absolute atomic E-state index is 0.219. The number of nitrogens with one attached hydrogen (secondary N) is 1. The van der Waals surface area contributed by atoms with Crippen molar-refractivity contribution in [1.29, 1.82) is 5.26 Å². The van der Waals surface area contributed by atoms with Crippen LogP contribution >= 0.6 is 0 Å². The third kappa shape index (κ3) is 3.70. The fraction of sp³-hybridized carbons (Fsp3) is 0.474. The van der Waals surface area contributed by atoms with E-state index < -0.39 is 10.0 Å². The summed E-state index contributed by atoms with van der Waals surface area (Å²) in [7, 11) is -3.48. The van der Waals surface area contributed by atoms with E-state index in [1.807, 2.05) is 6.07 Å². The maximum absolute atomic E-state index is 12.8. The van der Waals surface area contributed by atoms with Crippen molar-refractivity contribution in [3.8, 4) is 17.5 Å². The molecule has 1 aliphatic heterocycles. The molecule has 2 heterocycles. The number of nitrogens with zero attached hydrogens (tertiary/aromatic N) is 3. The second-order valence-electron chi connectivity index (χ2n) is 7.34. The van der Waals surface area contributed by atoms with Gasteiger partial charge in [0.05, 0.1) is 4.90 Å². The molecule has 7 nitrogen and oxygen atoms in total. The maximum atomic E-state index is 12.8. The zero-order valence-corrected chi connectivity index (χ0v) is 16.0. The summed E-state index contributed by atoms with van der Waals surface area (Å²) in [6.07, 6.45) is 3.90. The smallest absolute Gasteiger partial charge is 0.243 e. The Morgan fingerprint density at radius 3 is 2.44 bits per heavy atom. The fourth-order valence-corrected chi connectivity index (χ4v) is 4.64. The van der Waals surface area contributed by atoms with Gasteiger partial charge in [0.15, 0.2) is 0 Å². The molecule has 1 saturated heterocycles. The Hall–Kier alpha value is -2.37. The van der Waals surface area contributed by atoms with Crippen molar-refractivity contribution >= 4 is 15.9 Å². The number of hydrogen-bond donors (Lipinski definition) is 1. The van der Waals surface area contributed by atoms with Crippen molar-refractivity contribution in [2.75, 3.05) is 18.4 Å². The second-order valence-corrected chi connectivity index (χ2v) is 9.28. The largest absolute Gasteiger partial charge is 0.419 e. The topological polar surface area (TPSA) is 99.2 Å². The average molecular weight is 386 g/mol. The van der Waals surface area contributed by atoms with E-state index in [0.717, 1.165) is 25.7 Å². The molecular weight excluding hydrogens is 364 g/mol. The van der Waals surface area contributed by atoms with Crippen LogP contribution in [0.4, 0.5) is 5.88 Å². The highest BCUT2D eigenvalue weighted by Crippen LogP contribution is 2.31. The van der Waals surface area contributed by atoms with Crippen molar-refractivity contribution < 1.29 is 12.8 Å². The SMILES string of the molecule is CC1CCN(S(=O)(=O)c2ccc(-c3nc(C#N)c(NC4CC4)o3)cc2)CC1. The Morgan fingerprint density at radius 1 is 1.19 bits per heavy atom. The third-order valence-corrected chi connectivity index (χ3v) is 7.04. The van der Waals surface area contributed by atoms with Gasteiger partial charge in [0.25, 0.3) is 0 Å². The Labute approximate surface area is 159 Å². The summed E-state index contributed by atoms with van der Waals surface area (Å²) in [5.41, 5.74) is 0.859. The number of benzene rings is 1. The van der Waals surface area contributed by atoms with Crippen molar-refractivity contribution in [2.24, 2.45) is 5.92 Å². The van der Waals surface area contributed by atoms with Crippen molar-refractivity contribution in [2.45, 2.75) is 43.5 Å². The van der Waals surface area contributed by atoms with Gasteiger partial charge in [-0.25, -0.2) is 8.42 Å². The Morgan fingerprint density at radius 2 is 1.85 bits per heavy atom. The van der Waals surface area contributed by atoms with E-state index in [1.54, 1.807) is 28.6 Å². The molecule has 2 aliphatic rings. The van der Waals surface area contributed by atoms with E-state index in [4.69, 9.17) is 4.42 Å². The molecule has 2 fully saturated rings. The van der Waals surface area contributed by atoms with Crippen LogP contribution < -0.4 is 5.32 Å². The highest BCUT2D eigenvalue weighted by molar-refractivity contribution is 7.89. The summed E-state index contributed by atoms with van der Waals surface area (Å²) in [6.45, 7) is 3.27. The van der Waals surface area contributed by atoms with Gasteiger partial charge >= 0.3 is 0 Å². The van der Waals surface area contributed by atoms with Gasteiger partial charge in [-0.1, -0.05) is 6.92 Å². The molecule has 4 rings (SSSR count). The Kier molecular flexibility index (Phi) is 4.66. The molecule has 0 amide bonds. The summed E-state index contributed by atoms with van der Waals surface area (Å²) in [5.74, 6) is 1.26. The minimum Gasteiger partial charge on any atom is -0.419 e. The van der Waals surface area contributed by atoms with Crippen LogP contribution in [0.15, 0.2) is 33.6 Å². The zero-order chi connectivity index (χ0) is 19.0. The fourth-order valence-electron chi connectivity index (χ4n) is 3.17. The molecule has 1 aromatic heterocycles. The minimum atomic E-state index is -3.48. The van der Waals surface area contributed by atoms with Crippen LogP contribution in [0.2, 0.25) is 0 Å². The van der Waals surface area contributed by atoms with Crippen molar-refractivity contribution in [3.05, 3.63) is 30.0 Å². The van der Waals surface area contributed by atoms with E-state index in [-0.39, 0.29) is 10.6 Å². The van der Waals surface area contributed by atoms with Gasteiger partial charge in [-0.2, -0.15) is 14.6 Å². The first-order valence-corrected chi connectivity index (χ1v) is 10.7. The second kappa shape index (κ2) is 6.98. The van der Waals surface area contributed by atoms with E-state index in [9.17, 15) is 13.7 Å². The molecule has 1 saturated carbocycles. The standard InChI is InChI=1S/C19H22N4O3S/c1-13-8-10-23(11-9-13)27(24,25)16-6-2-14(3-7-16)18-22-17(12-20)19(26-18)21-15-4-5-15/h2-3,6-7,13,15,21H,4-5,8-11H2,1H3. The number of sulfonamides is 1. The van der Waals surface area contributed by atoms with Gasteiger partial charge in [0.2, 0.25) is 27.5 Å². The number of piperidine rings is 1. The van der Waals surface area contributed by atoms with Crippen molar-refractivity contribution in [1.82, 2.24) is 9.29 Å². The lowest BCUT2D eigenvalue weighted by atomic mass is 10.0. The maximum Gasteiger partial charge on any atom is 0.243 e. The number of oxazole rings is 1. The first-order valence-electron chi connectivity index (χ1n) is 9.25. The van der Waals surface area contributed by atoms with Crippen LogP contribution in [0.1, 0.15) is 38.3 Å². The number of rotatable bonds is 5. The first-order chi connectivity index (χ1) is 13.0. The van der Waals surface area contributed by atoms with Crippen LogP contribution in [0.5, 0.6) is 0 Å². The van der Waals surface area contributed by atoms with E-state index in [2.05, 4.69) is 17.2 Å². The quantitative estimate of drug-likeness (QED) is 0.847. The summed E-state index contributed by atoms with van der Waals surface area (Å²) in [5, 5.41) is 12.4. The molecule has 0 atom stereocenters. The molecule has 0 bridgehead atoms. The molecular formula is C19H22N4O3S.